The maximum Gasteiger partial charge on any atom is 0.280 e. The molecule has 0 bridgehead atoms. The summed E-state index contributed by atoms with van der Waals surface area (Å²) in [6.45, 7) is 0. The van der Waals surface area contributed by atoms with Crippen molar-refractivity contribution in [2.24, 2.45) is 0 Å². The zero-order chi connectivity index (χ0) is 17.6. The molecule has 0 unspecified atom stereocenters. The van der Waals surface area contributed by atoms with Crippen molar-refractivity contribution in [1.82, 2.24) is 9.66 Å². The third kappa shape index (κ3) is 2.73. The van der Waals surface area contributed by atoms with E-state index in [0.29, 0.717) is 27.4 Å². The molecule has 7 heteroatoms. The Bertz CT molecular complexity index is 1170. The summed E-state index contributed by atoms with van der Waals surface area (Å²) in [5, 5.41) is 1.08. The van der Waals surface area contributed by atoms with E-state index in [2.05, 4.69) is 20.9 Å². The molecule has 0 atom stereocenters. The average Bonchev–Trinajstić information content (AvgIpc) is 3.07. The SMILES string of the molecule is Nn1c(-c2ccc(-c3ccc(Cl)cc3Br)o2)nc2ccccc2c1=O. The molecular formula is C18H11BrClN3O2. The lowest BCUT2D eigenvalue weighted by Gasteiger charge is -2.07. The highest BCUT2D eigenvalue weighted by molar-refractivity contribution is 9.10. The van der Waals surface area contributed by atoms with Gasteiger partial charge < -0.3 is 10.3 Å². The lowest BCUT2D eigenvalue weighted by Crippen LogP contribution is -2.29. The predicted molar refractivity (Wildman–Crippen MR) is 102 cm³/mol. The molecule has 0 saturated heterocycles. The Labute approximate surface area is 155 Å². The largest absolute Gasteiger partial charge is 0.453 e. The van der Waals surface area contributed by atoms with Gasteiger partial charge in [-0.2, -0.15) is 0 Å². The molecule has 0 radical (unpaired) electrons. The van der Waals surface area contributed by atoms with Crippen LogP contribution < -0.4 is 11.4 Å². The van der Waals surface area contributed by atoms with Crippen LogP contribution in [0.4, 0.5) is 0 Å². The van der Waals surface area contributed by atoms with Gasteiger partial charge in [-0.3, -0.25) is 4.79 Å². The van der Waals surface area contributed by atoms with E-state index in [1.165, 1.54) is 0 Å². The van der Waals surface area contributed by atoms with Crippen LogP contribution in [-0.4, -0.2) is 9.66 Å². The van der Waals surface area contributed by atoms with Crippen LogP contribution in [-0.2, 0) is 0 Å². The third-order valence-electron chi connectivity index (χ3n) is 3.83. The van der Waals surface area contributed by atoms with Crippen LogP contribution in [0.5, 0.6) is 0 Å². The number of nitrogen functional groups attached to an aromatic ring is 1. The fourth-order valence-corrected chi connectivity index (χ4v) is 3.49. The molecule has 0 aliphatic rings. The highest BCUT2D eigenvalue weighted by atomic mass is 79.9. The van der Waals surface area contributed by atoms with Gasteiger partial charge in [-0.25, -0.2) is 9.66 Å². The normalized spacial score (nSPS) is 11.1. The fourth-order valence-electron chi connectivity index (χ4n) is 2.61. The van der Waals surface area contributed by atoms with Crippen molar-refractivity contribution < 1.29 is 4.42 Å². The first kappa shape index (κ1) is 15.9. The van der Waals surface area contributed by atoms with Crippen molar-refractivity contribution in [1.29, 1.82) is 0 Å². The van der Waals surface area contributed by atoms with E-state index < -0.39 is 0 Å². The molecule has 2 aromatic carbocycles. The van der Waals surface area contributed by atoms with Crippen LogP contribution >= 0.6 is 27.5 Å². The van der Waals surface area contributed by atoms with Crippen molar-refractivity contribution in [3.63, 3.8) is 0 Å². The van der Waals surface area contributed by atoms with Gasteiger partial charge in [0.25, 0.3) is 5.56 Å². The average molecular weight is 417 g/mol. The van der Waals surface area contributed by atoms with Crippen LogP contribution in [0.15, 0.2) is 68.3 Å². The minimum absolute atomic E-state index is 0.264. The lowest BCUT2D eigenvalue weighted by atomic mass is 10.2. The number of rotatable bonds is 2. The Hall–Kier alpha value is -2.57. The summed E-state index contributed by atoms with van der Waals surface area (Å²) in [4.78, 5) is 16.9. The van der Waals surface area contributed by atoms with Crippen molar-refractivity contribution in [2.75, 3.05) is 5.84 Å². The van der Waals surface area contributed by atoms with Gasteiger partial charge in [0, 0.05) is 15.1 Å². The number of fused-ring (bicyclic) bond motifs is 1. The number of para-hydroxylation sites is 1. The quantitative estimate of drug-likeness (QED) is 0.490. The minimum Gasteiger partial charge on any atom is -0.453 e. The van der Waals surface area contributed by atoms with Crippen molar-refractivity contribution in [2.45, 2.75) is 0 Å². The number of furan rings is 1. The molecule has 0 fully saturated rings. The first-order valence-electron chi connectivity index (χ1n) is 7.37. The molecular weight excluding hydrogens is 406 g/mol. The van der Waals surface area contributed by atoms with Crippen LogP contribution in [0.3, 0.4) is 0 Å². The van der Waals surface area contributed by atoms with E-state index >= 15 is 0 Å². The van der Waals surface area contributed by atoms with E-state index in [0.717, 1.165) is 14.7 Å². The second kappa shape index (κ2) is 6.06. The summed E-state index contributed by atoms with van der Waals surface area (Å²) in [7, 11) is 0. The van der Waals surface area contributed by atoms with E-state index in [4.69, 9.17) is 21.9 Å². The second-order valence-electron chi connectivity index (χ2n) is 5.42. The Morgan fingerprint density at radius 3 is 2.64 bits per heavy atom. The Morgan fingerprint density at radius 2 is 1.84 bits per heavy atom. The predicted octanol–water partition coefficient (Wildman–Crippen LogP) is 4.45. The fraction of sp³-hybridized carbons (Fsp3) is 0. The first-order valence-corrected chi connectivity index (χ1v) is 8.54. The van der Waals surface area contributed by atoms with E-state index in [9.17, 15) is 4.79 Å². The highest BCUT2D eigenvalue weighted by Crippen LogP contribution is 2.33. The van der Waals surface area contributed by atoms with Gasteiger partial charge in [-0.15, -0.1) is 0 Å². The standard InChI is InChI=1S/C18H11BrClN3O2/c19-13-9-10(20)5-6-11(13)15-7-8-16(25-15)17-22-14-4-2-1-3-12(14)18(24)23(17)21/h1-9H,21H2. The molecule has 0 aliphatic carbocycles. The summed E-state index contributed by atoms with van der Waals surface area (Å²) in [5.74, 6) is 7.21. The molecule has 5 nitrogen and oxygen atoms in total. The number of benzene rings is 2. The van der Waals surface area contributed by atoms with E-state index in [1.807, 2.05) is 12.1 Å². The number of halogens is 2. The summed E-state index contributed by atoms with van der Waals surface area (Å²) >= 11 is 9.44. The monoisotopic (exact) mass is 415 g/mol. The number of hydrogen-bond donors (Lipinski definition) is 1. The smallest absolute Gasteiger partial charge is 0.280 e. The lowest BCUT2D eigenvalue weighted by molar-refractivity contribution is 0.587. The zero-order valence-corrected chi connectivity index (χ0v) is 15.1. The molecule has 4 aromatic rings. The summed E-state index contributed by atoms with van der Waals surface area (Å²) < 4.78 is 7.69. The molecule has 25 heavy (non-hydrogen) atoms. The van der Waals surface area contributed by atoms with E-state index in [-0.39, 0.29) is 11.4 Å². The van der Waals surface area contributed by atoms with Crippen LogP contribution in [0, 0.1) is 0 Å². The molecule has 2 N–H and O–H groups in total. The summed E-state index contributed by atoms with van der Waals surface area (Å²) in [6.07, 6.45) is 0. The molecule has 0 aliphatic heterocycles. The molecule has 124 valence electrons. The molecule has 4 rings (SSSR count). The third-order valence-corrected chi connectivity index (χ3v) is 4.72. The summed E-state index contributed by atoms with van der Waals surface area (Å²) in [5.41, 5.74) is 1.07. The number of aromatic nitrogens is 2. The minimum atomic E-state index is -0.328. The molecule has 0 saturated carbocycles. The zero-order valence-electron chi connectivity index (χ0n) is 12.7. The van der Waals surface area contributed by atoms with Crippen LogP contribution in [0.2, 0.25) is 5.02 Å². The Balaban J connectivity index is 1.87. The van der Waals surface area contributed by atoms with Crippen molar-refractivity contribution in [3.05, 3.63) is 74.4 Å². The number of hydrogen-bond acceptors (Lipinski definition) is 4. The van der Waals surface area contributed by atoms with Gasteiger partial charge in [0.2, 0.25) is 0 Å². The van der Waals surface area contributed by atoms with Gasteiger partial charge in [-0.1, -0.05) is 23.7 Å². The van der Waals surface area contributed by atoms with Gasteiger partial charge in [-0.05, 0) is 58.4 Å². The number of nitrogens with two attached hydrogens (primary N) is 1. The van der Waals surface area contributed by atoms with Crippen molar-refractivity contribution in [3.8, 4) is 22.9 Å². The maximum absolute atomic E-state index is 12.4. The van der Waals surface area contributed by atoms with Crippen molar-refractivity contribution >= 4 is 38.4 Å². The molecule has 0 spiro atoms. The van der Waals surface area contributed by atoms with Gasteiger partial charge >= 0.3 is 0 Å². The van der Waals surface area contributed by atoms with Crippen LogP contribution in [0.25, 0.3) is 33.8 Å². The van der Waals surface area contributed by atoms with Gasteiger partial charge in [0.05, 0.1) is 10.9 Å². The second-order valence-corrected chi connectivity index (χ2v) is 6.71. The van der Waals surface area contributed by atoms with Crippen LogP contribution in [0.1, 0.15) is 0 Å². The maximum atomic E-state index is 12.4. The molecule has 2 aromatic heterocycles. The Morgan fingerprint density at radius 1 is 1.08 bits per heavy atom. The summed E-state index contributed by atoms with van der Waals surface area (Å²) in [6, 6.07) is 16.0. The topological polar surface area (TPSA) is 74.1 Å². The molecule has 2 heterocycles. The first-order chi connectivity index (χ1) is 12.0. The molecule has 0 amide bonds. The van der Waals surface area contributed by atoms with Gasteiger partial charge in [0.15, 0.2) is 11.6 Å². The highest BCUT2D eigenvalue weighted by Gasteiger charge is 2.15. The Kier molecular flexibility index (Phi) is 3.86. The van der Waals surface area contributed by atoms with Gasteiger partial charge in [0.1, 0.15) is 5.76 Å². The van der Waals surface area contributed by atoms with E-state index in [1.54, 1.807) is 42.5 Å². The number of nitrogens with zero attached hydrogens (tertiary/aromatic N) is 2.